The highest BCUT2D eigenvalue weighted by atomic mass is 35.5. The summed E-state index contributed by atoms with van der Waals surface area (Å²) in [5.41, 5.74) is -0.140. The van der Waals surface area contributed by atoms with Crippen molar-refractivity contribution < 1.29 is 0 Å². The zero-order valence-corrected chi connectivity index (χ0v) is 7.75. The monoisotopic (exact) mass is 204 g/mol. The number of H-pyrrole nitrogens is 1. The first-order valence-electron chi connectivity index (χ1n) is 3.16. The molecule has 1 heterocycles. The van der Waals surface area contributed by atoms with Crippen LogP contribution in [0.25, 0.3) is 0 Å². The molecular weight excluding hydrogens is 199 g/mol. The van der Waals surface area contributed by atoms with Crippen molar-refractivity contribution in [2.75, 3.05) is 0 Å². The van der Waals surface area contributed by atoms with Gasteiger partial charge in [0.15, 0.2) is 0 Å². The quantitative estimate of drug-likeness (QED) is 0.535. The second kappa shape index (κ2) is 3.29. The fourth-order valence-corrected chi connectivity index (χ4v) is 1.44. The van der Waals surface area contributed by atoms with Crippen LogP contribution in [0.15, 0.2) is 10.9 Å². The molecule has 64 valence electrons. The number of nitrogens with one attached hydrogen (secondary N) is 2. The molecule has 0 unspecified atom stereocenters. The standard InChI is InChI=1S/C7H6Cl2N2O/c1-3(10)6-4(8)2-5(9)11-7(6)12/h2,10H,1H3,(H,11,12). The first kappa shape index (κ1) is 9.29. The van der Waals surface area contributed by atoms with E-state index >= 15 is 0 Å². The summed E-state index contributed by atoms with van der Waals surface area (Å²) in [4.78, 5) is 13.5. The Kier molecular flexibility index (Phi) is 2.55. The Morgan fingerprint density at radius 2 is 2.17 bits per heavy atom. The molecule has 1 aromatic rings. The first-order chi connectivity index (χ1) is 5.52. The SMILES string of the molecule is CC(=N)c1c(Cl)cc(Cl)[nH]c1=O. The van der Waals surface area contributed by atoms with Crippen LogP contribution < -0.4 is 5.56 Å². The molecule has 0 atom stereocenters. The molecule has 5 heteroatoms. The number of halogens is 2. The molecule has 0 aliphatic heterocycles. The van der Waals surface area contributed by atoms with E-state index in [0.717, 1.165) is 0 Å². The van der Waals surface area contributed by atoms with Crippen LogP contribution in [0.1, 0.15) is 12.5 Å². The molecular formula is C7H6Cl2N2O. The van der Waals surface area contributed by atoms with E-state index in [2.05, 4.69) is 4.98 Å². The summed E-state index contributed by atoms with van der Waals surface area (Å²) in [6, 6.07) is 1.40. The van der Waals surface area contributed by atoms with Crippen molar-refractivity contribution in [2.24, 2.45) is 0 Å². The van der Waals surface area contributed by atoms with Gasteiger partial charge in [-0.05, 0) is 13.0 Å². The van der Waals surface area contributed by atoms with Gasteiger partial charge in [0, 0.05) is 5.71 Å². The van der Waals surface area contributed by atoms with Gasteiger partial charge in [-0.2, -0.15) is 0 Å². The average Bonchev–Trinajstić information content (AvgIpc) is 1.82. The lowest BCUT2D eigenvalue weighted by atomic mass is 10.2. The largest absolute Gasteiger partial charge is 0.312 e. The van der Waals surface area contributed by atoms with Crippen LogP contribution in [0.3, 0.4) is 0 Å². The highest BCUT2D eigenvalue weighted by Crippen LogP contribution is 2.15. The van der Waals surface area contributed by atoms with Crippen molar-refractivity contribution in [2.45, 2.75) is 6.92 Å². The lowest BCUT2D eigenvalue weighted by molar-refractivity contribution is 1.22. The molecule has 0 saturated carbocycles. The van der Waals surface area contributed by atoms with Gasteiger partial charge in [0.05, 0.1) is 10.6 Å². The summed E-state index contributed by atoms with van der Waals surface area (Å²) in [6.45, 7) is 1.49. The average molecular weight is 205 g/mol. The minimum absolute atomic E-state index is 0.123. The topological polar surface area (TPSA) is 56.7 Å². The van der Waals surface area contributed by atoms with Crippen LogP contribution in [0.4, 0.5) is 0 Å². The van der Waals surface area contributed by atoms with E-state index in [4.69, 9.17) is 28.6 Å². The molecule has 0 fully saturated rings. The number of hydrogen-bond acceptors (Lipinski definition) is 2. The highest BCUT2D eigenvalue weighted by molar-refractivity contribution is 6.36. The van der Waals surface area contributed by atoms with E-state index < -0.39 is 5.56 Å². The maximum Gasteiger partial charge on any atom is 0.259 e. The van der Waals surface area contributed by atoms with Crippen LogP contribution >= 0.6 is 23.2 Å². The van der Waals surface area contributed by atoms with Crippen molar-refractivity contribution >= 4 is 28.9 Å². The van der Waals surface area contributed by atoms with Crippen molar-refractivity contribution in [3.05, 3.63) is 32.2 Å². The summed E-state index contributed by atoms with van der Waals surface area (Å²) in [5.74, 6) is 0. The van der Waals surface area contributed by atoms with E-state index in [-0.39, 0.29) is 21.5 Å². The predicted molar refractivity (Wildman–Crippen MR) is 49.6 cm³/mol. The first-order valence-corrected chi connectivity index (χ1v) is 3.92. The predicted octanol–water partition coefficient (Wildman–Crippen LogP) is 2.07. The Morgan fingerprint density at radius 3 is 2.58 bits per heavy atom. The van der Waals surface area contributed by atoms with E-state index in [1.54, 1.807) is 0 Å². The lowest BCUT2D eigenvalue weighted by Gasteiger charge is -1.99. The van der Waals surface area contributed by atoms with Gasteiger partial charge in [-0.15, -0.1) is 0 Å². The molecule has 0 aromatic carbocycles. The van der Waals surface area contributed by atoms with Crippen molar-refractivity contribution in [1.29, 1.82) is 5.41 Å². The molecule has 0 aliphatic carbocycles. The minimum Gasteiger partial charge on any atom is -0.312 e. The number of rotatable bonds is 1. The van der Waals surface area contributed by atoms with Crippen molar-refractivity contribution in [3.8, 4) is 0 Å². The Bertz CT molecular complexity index is 383. The summed E-state index contributed by atoms with van der Waals surface area (Å²) in [6.07, 6.45) is 0. The maximum atomic E-state index is 11.1. The molecule has 2 N–H and O–H groups in total. The molecule has 0 saturated heterocycles. The van der Waals surface area contributed by atoms with Crippen molar-refractivity contribution in [1.82, 2.24) is 4.98 Å². The molecule has 0 spiro atoms. The third kappa shape index (κ3) is 1.68. The van der Waals surface area contributed by atoms with Gasteiger partial charge in [0.1, 0.15) is 5.15 Å². The molecule has 1 rings (SSSR count). The zero-order valence-electron chi connectivity index (χ0n) is 6.24. The van der Waals surface area contributed by atoms with Crippen LogP contribution in [0.5, 0.6) is 0 Å². The molecule has 1 aromatic heterocycles. The van der Waals surface area contributed by atoms with Gasteiger partial charge in [-0.25, -0.2) is 0 Å². The van der Waals surface area contributed by atoms with Crippen LogP contribution in [-0.2, 0) is 0 Å². The molecule has 0 amide bonds. The number of hydrogen-bond donors (Lipinski definition) is 2. The number of aromatic nitrogens is 1. The van der Waals surface area contributed by atoms with Crippen LogP contribution in [0.2, 0.25) is 10.2 Å². The van der Waals surface area contributed by atoms with Gasteiger partial charge < -0.3 is 10.4 Å². The molecule has 0 radical (unpaired) electrons. The third-order valence-corrected chi connectivity index (χ3v) is 1.83. The Morgan fingerprint density at radius 1 is 1.58 bits per heavy atom. The summed E-state index contributed by atoms with van der Waals surface area (Å²) < 4.78 is 0. The van der Waals surface area contributed by atoms with E-state index in [1.807, 2.05) is 0 Å². The number of pyridine rings is 1. The highest BCUT2D eigenvalue weighted by Gasteiger charge is 2.08. The van der Waals surface area contributed by atoms with Gasteiger partial charge in [-0.3, -0.25) is 4.79 Å². The van der Waals surface area contributed by atoms with Gasteiger partial charge >= 0.3 is 0 Å². The van der Waals surface area contributed by atoms with Gasteiger partial charge in [-0.1, -0.05) is 23.2 Å². The zero-order chi connectivity index (χ0) is 9.30. The summed E-state index contributed by atoms with van der Waals surface area (Å²) in [5, 5.41) is 7.62. The third-order valence-electron chi connectivity index (χ3n) is 1.33. The Hall–Kier alpha value is -0.800. The normalized spacial score (nSPS) is 9.92. The molecule has 3 nitrogen and oxygen atoms in total. The Balaban J connectivity index is 3.49. The van der Waals surface area contributed by atoms with Gasteiger partial charge in [0.2, 0.25) is 0 Å². The molecule has 0 aliphatic rings. The van der Waals surface area contributed by atoms with E-state index in [9.17, 15) is 4.79 Å². The van der Waals surface area contributed by atoms with Crippen molar-refractivity contribution in [3.63, 3.8) is 0 Å². The Labute approximate surface area is 78.8 Å². The smallest absolute Gasteiger partial charge is 0.259 e. The second-order valence-corrected chi connectivity index (χ2v) is 3.11. The number of aromatic amines is 1. The molecule has 12 heavy (non-hydrogen) atoms. The summed E-state index contributed by atoms with van der Waals surface area (Å²) >= 11 is 11.2. The van der Waals surface area contributed by atoms with E-state index in [1.165, 1.54) is 13.0 Å². The second-order valence-electron chi connectivity index (χ2n) is 2.29. The summed E-state index contributed by atoms with van der Waals surface area (Å²) in [7, 11) is 0. The van der Waals surface area contributed by atoms with Crippen LogP contribution in [0, 0.1) is 5.41 Å². The lowest BCUT2D eigenvalue weighted by Crippen LogP contribution is -2.16. The fourth-order valence-electron chi connectivity index (χ4n) is 0.848. The minimum atomic E-state index is -0.431. The van der Waals surface area contributed by atoms with Crippen LogP contribution in [-0.4, -0.2) is 10.7 Å². The maximum absolute atomic E-state index is 11.1. The van der Waals surface area contributed by atoms with Gasteiger partial charge in [0.25, 0.3) is 5.56 Å². The molecule has 0 bridgehead atoms. The van der Waals surface area contributed by atoms with E-state index in [0.29, 0.717) is 0 Å². The fraction of sp³-hybridized carbons (Fsp3) is 0.143.